The van der Waals surface area contributed by atoms with Crippen LogP contribution in [0.4, 0.5) is 5.69 Å². The molecule has 0 spiro atoms. The predicted octanol–water partition coefficient (Wildman–Crippen LogP) is 1.88. The minimum atomic E-state index is -0.659. The molecule has 6 nitrogen and oxygen atoms in total. The number of hydrogen-bond acceptors (Lipinski definition) is 3. The fourth-order valence-electron chi connectivity index (χ4n) is 2.33. The zero-order chi connectivity index (χ0) is 16.4. The maximum atomic E-state index is 12.4. The molecule has 2 aromatic carbocycles. The molecule has 0 fully saturated rings. The van der Waals surface area contributed by atoms with Crippen LogP contribution < -0.4 is 16.5 Å². The molecule has 4 N–H and O–H groups in total. The smallest absolute Gasteiger partial charge is 0.261 e. The number of hydrogen-bond donors (Lipinski definition) is 3. The first-order valence-electron chi connectivity index (χ1n) is 6.88. The summed E-state index contributed by atoms with van der Waals surface area (Å²) in [6.45, 7) is 0. The van der Waals surface area contributed by atoms with E-state index in [9.17, 15) is 14.4 Å². The molecule has 0 radical (unpaired) electrons. The van der Waals surface area contributed by atoms with Crippen LogP contribution in [0, 0.1) is 0 Å². The number of anilines is 1. The monoisotopic (exact) mass is 307 g/mol. The average molecular weight is 307 g/mol. The zero-order valence-corrected chi connectivity index (χ0v) is 12.0. The number of amides is 2. The Morgan fingerprint density at radius 2 is 1.65 bits per heavy atom. The van der Waals surface area contributed by atoms with Crippen molar-refractivity contribution in [2.75, 3.05) is 5.32 Å². The van der Waals surface area contributed by atoms with E-state index in [0.29, 0.717) is 10.9 Å². The number of H-pyrrole nitrogens is 1. The van der Waals surface area contributed by atoms with Crippen molar-refractivity contribution in [1.29, 1.82) is 0 Å². The Morgan fingerprint density at radius 1 is 0.957 bits per heavy atom. The van der Waals surface area contributed by atoms with Crippen molar-refractivity contribution >= 4 is 28.4 Å². The van der Waals surface area contributed by atoms with Crippen LogP contribution in [0.15, 0.2) is 59.5 Å². The summed E-state index contributed by atoms with van der Waals surface area (Å²) in [4.78, 5) is 39.1. The van der Waals surface area contributed by atoms with Crippen LogP contribution in [0.5, 0.6) is 0 Å². The maximum Gasteiger partial charge on any atom is 0.261 e. The van der Waals surface area contributed by atoms with E-state index >= 15 is 0 Å². The van der Waals surface area contributed by atoms with Crippen LogP contribution in [0.3, 0.4) is 0 Å². The van der Waals surface area contributed by atoms with E-state index in [1.807, 2.05) is 0 Å². The number of pyridine rings is 1. The van der Waals surface area contributed by atoms with Gasteiger partial charge >= 0.3 is 0 Å². The molecule has 114 valence electrons. The number of rotatable bonds is 3. The van der Waals surface area contributed by atoms with E-state index in [2.05, 4.69) is 10.3 Å². The summed E-state index contributed by atoms with van der Waals surface area (Å²) in [5.41, 5.74) is 5.94. The molecule has 0 atom stereocenters. The van der Waals surface area contributed by atoms with Crippen molar-refractivity contribution in [3.8, 4) is 0 Å². The Balaban J connectivity index is 2.01. The van der Waals surface area contributed by atoms with Crippen LogP contribution in [0.2, 0.25) is 0 Å². The molecule has 0 saturated heterocycles. The lowest BCUT2D eigenvalue weighted by molar-refractivity contribution is 0.100. The molecule has 0 aliphatic heterocycles. The number of carbonyl (C=O) groups excluding carboxylic acids is 2. The maximum absolute atomic E-state index is 12.4. The van der Waals surface area contributed by atoms with Gasteiger partial charge in [-0.15, -0.1) is 0 Å². The van der Waals surface area contributed by atoms with Crippen molar-refractivity contribution in [3.63, 3.8) is 0 Å². The van der Waals surface area contributed by atoms with Crippen LogP contribution in [-0.2, 0) is 0 Å². The normalized spacial score (nSPS) is 10.4. The van der Waals surface area contributed by atoms with E-state index in [-0.39, 0.29) is 22.2 Å². The summed E-state index contributed by atoms with van der Waals surface area (Å²) in [5.74, 6) is -1.26. The Kier molecular flexibility index (Phi) is 3.64. The molecule has 0 saturated carbocycles. The number of nitrogens with two attached hydrogens (primary N) is 1. The lowest BCUT2D eigenvalue weighted by atomic mass is 10.1. The van der Waals surface area contributed by atoms with Gasteiger partial charge in [0, 0.05) is 17.1 Å². The van der Waals surface area contributed by atoms with Gasteiger partial charge in [-0.1, -0.05) is 24.3 Å². The number of para-hydroxylation sites is 2. The Bertz CT molecular complexity index is 976. The van der Waals surface area contributed by atoms with Crippen LogP contribution in [0.25, 0.3) is 10.9 Å². The third kappa shape index (κ3) is 2.69. The van der Waals surface area contributed by atoms with Gasteiger partial charge < -0.3 is 16.0 Å². The van der Waals surface area contributed by atoms with E-state index < -0.39 is 11.8 Å². The first kappa shape index (κ1) is 14.5. The summed E-state index contributed by atoms with van der Waals surface area (Å²) >= 11 is 0. The van der Waals surface area contributed by atoms with Gasteiger partial charge in [-0.3, -0.25) is 14.4 Å². The zero-order valence-electron chi connectivity index (χ0n) is 12.0. The summed E-state index contributed by atoms with van der Waals surface area (Å²) in [5, 5.41) is 2.97. The topological polar surface area (TPSA) is 105 Å². The van der Waals surface area contributed by atoms with Crippen molar-refractivity contribution < 1.29 is 9.59 Å². The predicted molar refractivity (Wildman–Crippen MR) is 87.5 cm³/mol. The van der Waals surface area contributed by atoms with Crippen LogP contribution in [-0.4, -0.2) is 16.8 Å². The Morgan fingerprint density at radius 3 is 2.43 bits per heavy atom. The molecule has 3 aromatic rings. The summed E-state index contributed by atoms with van der Waals surface area (Å²) < 4.78 is 0. The molecule has 0 aliphatic carbocycles. The van der Waals surface area contributed by atoms with E-state index in [1.54, 1.807) is 42.5 Å². The van der Waals surface area contributed by atoms with Gasteiger partial charge in [0.05, 0.1) is 11.3 Å². The highest BCUT2D eigenvalue weighted by atomic mass is 16.2. The van der Waals surface area contributed by atoms with Crippen LogP contribution >= 0.6 is 0 Å². The SMILES string of the molecule is NC(=O)c1ccccc1NC(=O)c1c[nH]c2ccccc2c1=O. The van der Waals surface area contributed by atoms with Gasteiger partial charge in [0.25, 0.3) is 11.8 Å². The number of aromatic nitrogens is 1. The number of primary amides is 1. The van der Waals surface area contributed by atoms with Crippen molar-refractivity contribution in [3.05, 3.63) is 76.1 Å². The highest BCUT2D eigenvalue weighted by Crippen LogP contribution is 2.15. The molecule has 23 heavy (non-hydrogen) atoms. The first-order valence-corrected chi connectivity index (χ1v) is 6.88. The summed E-state index contributed by atoms with van der Waals surface area (Å²) in [6.07, 6.45) is 1.35. The highest BCUT2D eigenvalue weighted by molar-refractivity contribution is 6.09. The van der Waals surface area contributed by atoms with Gasteiger partial charge in [-0.05, 0) is 24.3 Å². The summed E-state index contributed by atoms with van der Waals surface area (Å²) in [7, 11) is 0. The fourth-order valence-corrected chi connectivity index (χ4v) is 2.33. The van der Waals surface area contributed by atoms with Crippen molar-refractivity contribution in [2.45, 2.75) is 0 Å². The molecule has 0 aliphatic rings. The van der Waals surface area contributed by atoms with Gasteiger partial charge in [0.2, 0.25) is 5.43 Å². The number of benzene rings is 2. The Labute approximate surface area is 130 Å². The van der Waals surface area contributed by atoms with Gasteiger partial charge in [-0.2, -0.15) is 0 Å². The molecule has 6 heteroatoms. The van der Waals surface area contributed by atoms with Gasteiger partial charge in [0.15, 0.2) is 0 Å². The third-order valence-corrected chi connectivity index (χ3v) is 3.47. The molecule has 2 amide bonds. The van der Waals surface area contributed by atoms with E-state index in [0.717, 1.165) is 0 Å². The fraction of sp³-hybridized carbons (Fsp3) is 0. The third-order valence-electron chi connectivity index (χ3n) is 3.47. The van der Waals surface area contributed by atoms with E-state index in [1.165, 1.54) is 12.3 Å². The lowest BCUT2D eigenvalue weighted by Crippen LogP contribution is -2.23. The van der Waals surface area contributed by atoms with Crippen molar-refractivity contribution in [1.82, 2.24) is 4.98 Å². The molecule has 1 heterocycles. The van der Waals surface area contributed by atoms with Crippen LogP contribution in [0.1, 0.15) is 20.7 Å². The Hall–Kier alpha value is -3.41. The molecular formula is C17H13N3O3. The second-order valence-corrected chi connectivity index (χ2v) is 4.94. The quantitative estimate of drug-likeness (QED) is 0.688. The molecule has 3 rings (SSSR count). The second kappa shape index (κ2) is 5.76. The molecule has 1 aromatic heterocycles. The van der Waals surface area contributed by atoms with E-state index in [4.69, 9.17) is 5.73 Å². The number of carbonyl (C=O) groups is 2. The molecule has 0 unspecified atom stereocenters. The van der Waals surface area contributed by atoms with Gasteiger partial charge in [-0.25, -0.2) is 0 Å². The van der Waals surface area contributed by atoms with Crippen molar-refractivity contribution in [2.24, 2.45) is 5.73 Å². The molecule has 0 bridgehead atoms. The number of aromatic amines is 1. The molecular weight excluding hydrogens is 294 g/mol. The number of fused-ring (bicyclic) bond motifs is 1. The highest BCUT2D eigenvalue weighted by Gasteiger charge is 2.15. The number of nitrogens with one attached hydrogen (secondary N) is 2. The lowest BCUT2D eigenvalue weighted by Gasteiger charge is -2.09. The average Bonchev–Trinajstić information content (AvgIpc) is 2.55. The second-order valence-electron chi connectivity index (χ2n) is 4.94. The summed E-state index contributed by atoms with van der Waals surface area (Å²) in [6, 6.07) is 13.3. The first-order chi connectivity index (χ1) is 11.1. The minimum Gasteiger partial charge on any atom is -0.366 e. The van der Waals surface area contributed by atoms with Gasteiger partial charge in [0.1, 0.15) is 5.56 Å². The standard InChI is InChI=1S/C17H13N3O3/c18-16(22)11-6-2-4-8-14(11)20-17(23)12-9-19-13-7-3-1-5-10(13)15(12)21/h1-9H,(H2,18,22)(H,19,21)(H,20,23). The largest absolute Gasteiger partial charge is 0.366 e. The minimum absolute atomic E-state index is 0.0389.